The van der Waals surface area contributed by atoms with Crippen molar-refractivity contribution in [2.75, 3.05) is 6.54 Å². The Labute approximate surface area is 122 Å². The van der Waals surface area contributed by atoms with E-state index in [0.717, 1.165) is 25.7 Å². The van der Waals surface area contributed by atoms with Crippen LogP contribution in [-0.2, 0) is 0 Å². The molecule has 4 nitrogen and oxygen atoms in total. The summed E-state index contributed by atoms with van der Waals surface area (Å²) in [6.07, 6.45) is 3.43. The fraction of sp³-hybridized carbons (Fsp3) is 0.615. The largest absolute Gasteiger partial charge is 0.388 e. The maximum atomic E-state index is 11.9. The van der Waals surface area contributed by atoms with Gasteiger partial charge in [-0.1, -0.05) is 30.1 Å². The highest BCUT2D eigenvalue weighted by molar-refractivity contribution is 6.41. The molecular formula is C13H18Cl2N2O2. The first-order valence-corrected chi connectivity index (χ1v) is 7.20. The average Bonchev–Trinajstić information content (AvgIpc) is 2.71. The SMILES string of the molecule is CC1CCC(O)(CNC(=O)c2cc(Cl)c(Cl)[nH]2)CC1. The van der Waals surface area contributed by atoms with Crippen LogP contribution < -0.4 is 5.32 Å². The predicted octanol–water partition coefficient (Wildman–Crippen LogP) is 2.99. The fourth-order valence-electron chi connectivity index (χ4n) is 2.34. The van der Waals surface area contributed by atoms with Crippen LogP contribution in [-0.4, -0.2) is 28.1 Å². The Morgan fingerprint density at radius 2 is 2.16 bits per heavy atom. The monoisotopic (exact) mass is 304 g/mol. The van der Waals surface area contributed by atoms with Crippen molar-refractivity contribution in [2.45, 2.75) is 38.2 Å². The highest BCUT2D eigenvalue weighted by atomic mass is 35.5. The zero-order valence-electron chi connectivity index (χ0n) is 10.8. The minimum Gasteiger partial charge on any atom is -0.388 e. The lowest BCUT2D eigenvalue weighted by atomic mass is 9.79. The Bertz CT molecular complexity index is 446. The summed E-state index contributed by atoms with van der Waals surface area (Å²) < 4.78 is 0. The number of nitrogens with one attached hydrogen (secondary N) is 2. The molecule has 0 spiro atoms. The number of hydrogen-bond donors (Lipinski definition) is 3. The molecule has 1 aromatic heterocycles. The molecule has 1 heterocycles. The molecule has 0 aliphatic heterocycles. The van der Waals surface area contributed by atoms with Crippen LogP contribution in [0.4, 0.5) is 0 Å². The van der Waals surface area contributed by atoms with E-state index in [9.17, 15) is 9.90 Å². The van der Waals surface area contributed by atoms with E-state index in [1.807, 2.05) is 0 Å². The molecule has 1 aliphatic carbocycles. The summed E-state index contributed by atoms with van der Waals surface area (Å²) in [4.78, 5) is 14.6. The van der Waals surface area contributed by atoms with E-state index < -0.39 is 5.60 Å². The molecule has 2 rings (SSSR count). The lowest BCUT2D eigenvalue weighted by Gasteiger charge is -2.34. The van der Waals surface area contributed by atoms with Crippen LogP contribution in [0, 0.1) is 5.92 Å². The van der Waals surface area contributed by atoms with Crippen molar-refractivity contribution in [3.05, 3.63) is 21.9 Å². The summed E-state index contributed by atoms with van der Waals surface area (Å²) in [5, 5.41) is 13.7. The molecule has 0 radical (unpaired) electrons. The maximum Gasteiger partial charge on any atom is 0.267 e. The van der Waals surface area contributed by atoms with E-state index in [1.54, 1.807) is 0 Å². The van der Waals surface area contributed by atoms with E-state index >= 15 is 0 Å². The third-order valence-electron chi connectivity index (χ3n) is 3.75. The average molecular weight is 305 g/mol. The van der Waals surface area contributed by atoms with Gasteiger partial charge in [0.2, 0.25) is 0 Å². The Balaban J connectivity index is 1.90. The summed E-state index contributed by atoms with van der Waals surface area (Å²) in [6.45, 7) is 2.44. The standard InChI is InChI=1S/C13H18Cl2N2O2/c1-8-2-4-13(19,5-3-8)7-16-12(18)10-6-9(14)11(15)17-10/h6,8,17,19H,2-5,7H2,1H3,(H,16,18). The minimum atomic E-state index is -0.789. The lowest BCUT2D eigenvalue weighted by Crippen LogP contribution is -2.45. The zero-order valence-corrected chi connectivity index (χ0v) is 12.3. The number of hydrogen-bond acceptors (Lipinski definition) is 2. The number of carbonyl (C=O) groups is 1. The van der Waals surface area contributed by atoms with Crippen molar-refractivity contribution in [3.8, 4) is 0 Å². The Morgan fingerprint density at radius 1 is 1.53 bits per heavy atom. The topological polar surface area (TPSA) is 65.1 Å². The van der Waals surface area contributed by atoms with E-state index in [2.05, 4.69) is 17.2 Å². The molecule has 0 atom stereocenters. The third kappa shape index (κ3) is 3.65. The third-order valence-corrected chi connectivity index (χ3v) is 4.45. The van der Waals surface area contributed by atoms with Gasteiger partial charge in [0.1, 0.15) is 10.8 Å². The van der Waals surface area contributed by atoms with Gasteiger partial charge >= 0.3 is 0 Å². The normalized spacial score (nSPS) is 27.3. The molecule has 3 N–H and O–H groups in total. The molecule has 1 aromatic rings. The van der Waals surface area contributed by atoms with Crippen LogP contribution in [0.25, 0.3) is 0 Å². The molecule has 1 amide bonds. The van der Waals surface area contributed by atoms with Gasteiger partial charge in [-0.25, -0.2) is 0 Å². The number of halogens is 2. The molecule has 1 saturated carbocycles. The van der Waals surface area contributed by atoms with Gasteiger partial charge in [0.05, 0.1) is 10.6 Å². The van der Waals surface area contributed by atoms with Gasteiger partial charge in [0.25, 0.3) is 5.91 Å². The Hall–Kier alpha value is -0.710. The molecule has 19 heavy (non-hydrogen) atoms. The van der Waals surface area contributed by atoms with Crippen molar-refractivity contribution in [2.24, 2.45) is 5.92 Å². The van der Waals surface area contributed by atoms with Crippen molar-refractivity contribution in [1.29, 1.82) is 0 Å². The zero-order chi connectivity index (χ0) is 14.0. The van der Waals surface area contributed by atoms with Crippen LogP contribution in [0.2, 0.25) is 10.2 Å². The van der Waals surface area contributed by atoms with Gasteiger partial charge in [-0.3, -0.25) is 4.79 Å². The molecule has 106 valence electrons. The van der Waals surface area contributed by atoms with Crippen LogP contribution in [0.1, 0.15) is 43.1 Å². The summed E-state index contributed by atoms with van der Waals surface area (Å²) in [6, 6.07) is 1.48. The van der Waals surface area contributed by atoms with Crippen LogP contribution in [0.3, 0.4) is 0 Å². The van der Waals surface area contributed by atoms with Gasteiger partial charge < -0.3 is 15.4 Å². The van der Waals surface area contributed by atoms with Crippen molar-refractivity contribution in [1.82, 2.24) is 10.3 Å². The molecule has 6 heteroatoms. The molecule has 0 saturated heterocycles. The van der Waals surface area contributed by atoms with E-state index in [4.69, 9.17) is 23.2 Å². The quantitative estimate of drug-likeness (QED) is 0.804. The van der Waals surface area contributed by atoms with E-state index in [0.29, 0.717) is 16.6 Å². The molecule has 0 aromatic carbocycles. The van der Waals surface area contributed by atoms with Gasteiger partial charge in [0, 0.05) is 6.54 Å². The highest BCUT2D eigenvalue weighted by Gasteiger charge is 2.32. The number of carbonyl (C=O) groups excluding carboxylic acids is 1. The van der Waals surface area contributed by atoms with Crippen molar-refractivity contribution < 1.29 is 9.90 Å². The van der Waals surface area contributed by atoms with Crippen LogP contribution in [0.5, 0.6) is 0 Å². The highest BCUT2D eigenvalue weighted by Crippen LogP contribution is 2.31. The van der Waals surface area contributed by atoms with Gasteiger partial charge in [-0.05, 0) is 37.7 Å². The summed E-state index contributed by atoms with van der Waals surface area (Å²) in [5.41, 5.74) is -0.481. The number of aromatic nitrogens is 1. The number of amides is 1. The smallest absolute Gasteiger partial charge is 0.267 e. The number of rotatable bonds is 3. The summed E-state index contributed by atoms with van der Waals surface area (Å²) >= 11 is 11.5. The van der Waals surface area contributed by atoms with E-state index in [1.165, 1.54) is 6.07 Å². The molecule has 0 unspecified atom stereocenters. The molecule has 0 bridgehead atoms. The number of aromatic amines is 1. The molecular weight excluding hydrogens is 287 g/mol. The first-order chi connectivity index (χ1) is 8.89. The van der Waals surface area contributed by atoms with Crippen molar-refractivity contribution >= 4 is 29.1 Å². The second-order valence-electron chi connectivity index (χ2n) is 5.43. The van der Waals surface area contributed by atoms with Crippen LogP contribution in [0.15, 0.2) is 6.07 Å². The Kier molecular flexibility index (Phi) is 4.43. The first kappa shape index (κ1) is 14.7. The Morgan fingerprint density at radius 3 is 2.68 bits per heavy atom. The fourth-order valence-corrected chi connectivity index (χ4v) is 2.66. The molecule has 1 fully saturated rings. The summed E-state index contributed by atoms with van der Waals surface area (Å²) in [7, 11) is 0. The summed E-state index contributed by atoms with van der Waals surface area (Å²) in [5.74, 6) is 0.345. The number of aliphatic hydroxyl groups is 1. The second kappa shape index (κ2) is 5.73. The first-order valence-electron chi connectivity index (χ1n) is 6.44. The van der Waals surface area contributed by atoms with Gasteiger partial charge in [-0.15, -0.1) is 0 Å². The predicted molar refractivity (Wildman–Crippen MR) is 75.7 cm³/mol. The number of H-pyrrole nitrogens is 1. The minimum absolute atomic E-state index is 0.247. The van der Waals surface area contributed by atoms with Crippen molar-refractivity contribution in [3.63, 3.8) is 0 Å². The lowest BCUT2D eigenvalue weighted by molar-refractivity contribution is -0.00543. The van der Waals surface area contributed by atoms with Gasteiger partial charge in [-0.2, -0.15) is 0 Å². The second-order valence-corrected chi connectivity index (χ2v) is 6.22. The van der Waals surface area contributed by atoms with Crippen LogP contribution >= 0.6 is 23.2 Å². The molecule has 1 aliphatic rings. The van der Waals surface area contributed by atoms with Gasteiger partial charge in [0.15, 0.2) is 0 Å². The van der Waals surface area contributed by atoms with E-state index in [-0.39, 0.29) is 17.6 Å². The maximum absolute atomic E-state index is 11.9.